The van der Waals surface area contributed by atoms with Crippen LogP contribution < -0.4 is 14.8 Å². The summed E-state index contributed by atoms with van der Waals surface area (Å²) in [5.41, 5.74) is 2.73. The Kier molecular flexibility index (Phi) is 9.00. The van der Waals surface area contributed by atoms with Crippen LogP contribution in [0.5, 0.6) is 11.5 Å². The number of morpholine rings is 1. The second-order valence-electron chi connectivity index (χ2n) is 7.46. The van der Waals surface area contributed by atoms with Crippen molar-refractivity contribution >= 4 is 17.5 Å². The summed E-state index contributed by atoms with van der Waals surface area (Å²) in [5, 5.41) is 3.35. The van der Waals surface area contributed by atoms with Crippen molar-refractivity contribution in [1.29, 1.82) is 0 Å². The number of ether oxygens (including phenoxy) is 3. The fraction of sp³-hybridized carbons (Fsp3) is 0.458. The molecule has 1 fully saturated rings. The van der Waals surface area contributed by atoms with E-state index in [9.17, 15) is 4.79 Å². The van der Waals surface area contributed by atoms with Crippen LogP contribution in [0.3, 0.4) is 0 Å². The minimum Gasteiger partial charge on any atom is -0.490 e. The van der Waals surface area contributed by atoms with Crippen molar-refractivity contribution in [3.05, 3.63) is 58.1 Å². The molecule has 0 radical (unpaired) electrons. The SMILES string of the molecule is CCCOc1c(Cl)cc(C(=O)NCc2cccc(CN3CCOCC3)c2)cc1OCC. The number of carbonyl (C=O) groups excluding carboxylic acids is 1. The highest BCUT2D eigenvalue weighted by Crippen LogP contribution is 2.36. The highest BCUT2D eigenvalue weighted by atomic mass is 35.5. The van der Waals surface area contributed by atoms with Crippen LogP contribution >= 0.6 is 11.6 Å². The second kappa shape index (κ2) is 11.9. The van der Waals surface area contributed by atoms with Crippen LogP contribution in [0.4, 0.5) is 0 Å². The molecule has 1 heterocycles. The Bertz CT molecular complexity index is 869. The molecule has 7 heteroatoms. The van der Waals surface area contributed by atoms with Gasteiger partial charge in [-0.05, 0) is 36.6 Å². The van der Waals surface area contributed by atoms with E-state index < -0.39 is 0 Å². The average Bonchev–Trinajstić information content (AvgIpc) is 2.78. The van der Waals surface area contributed by atoms with Crippen molar-refractivity contribution in [3.8, 4) is 11.5 Å². The Hall–Kier alpha value is -2.28. The van der Waals surface area contributed by atoms with Gasteiger partial charge >= 0.3 is 0 Å². The second-order valence-corrected chi connectivity index (χ2v) is 7.87. The van der Waals surface area contributed by atoms with Crippen LogP contribution in [0.1, 0.15) is 41.8 Å². The Balaban J connectivity index is 1.64. The fourth-order valence-corrected chi connectivity index (χ4v) is 3.71. The molecule has 1 aliphatic heterocycles. The third-order valence-corrected chi connectivity index (χ3v) is 5.26. The number of hydrogen-bond acceptors (Lipinski definition) is 5. The first-order valence-electron chi connectivity index (χ1n) is 10.9. The standard InChI is InChI=1S/C24H31ClN2O4/c1-3-10-31-23-21(25)14-20(15-22(23)30-4-2)24(28)26-16-18-6-5-7-19(13-18)17-27-8-11-29-12-9-27/h5-7,13-15H,3-4,8-12,16-17H2,1-2H3,(H,26,28). The van der Waals surface area contributed by atoms with Crippen molar-refractivity contribution < 1.29 is 19.0 Å². The van der Waals surface area contributed by atoms with Crippen LogP contribution in [0.25, 0.3) is 0 Å². The Labute approximate surface area is 189 Å². The number of carbonyl (C=O) groups is 1. The average molecular weight is 447 g/mol. The summed E-state index contributed by atoms with van der Waals surface area (Å²) in [4.78, 5) is 15.1. The van der Waals surface area contributed by atoms with Gasteiger partial charge in [0.25, 0.3) is 5.91 Å². The van der Waals surface area contributed by atoms with Crippen molar-refractivity contribution in [1.82, 2.24) is 10.2 Å². The topological polar surface area (TPSA) is 60.0 Å². The molecule has 0 atom stereocenters. The van der Waals surface area contributed by atoms with E-state index in [2.05, 4.69) is 22.3 Å². The molecule has 0 unspecified atom stereocenters. The van der Waals surface area contributed by atoms with Gasteiger partial charge in [-0.1, -0.05) is 42.8 Å². The summed E-state index contributed by atoms with van der Waals surface area (Å²) in [5.74, 6) is 0.766. The number of hydrogen-bond donors (Lipinski definition) is 1. The molecule has 0 aliphatic carbocycles. The first kappa shape index (κ1) is 23.4. The molecule has 168 valence electrons. The van der Waals surface area contributed by atoms with Gasteiger partial charge in [-0.2, -0.15) is 0 Å². The van der Waals surface area contributed by atoms with E-state index in [1.807, 2.05) is 26.0 Å². The van der Waals surface area contributed by atoms with Crippen LogP contribution in [-0.2, 0) is 17.8 Å². The number of nitrogens with zero attached hydrogens (tertiary/aromatic N) is 1. The Morgan fingerprint density at radius 2 is 1.90 bits per heavy atom. The van der Waals surface area contributed by atoms with Crippen LogP contribution in [0.2, 0.25) is 5.02 Å². The summed E-state index contributed by atoms with van der Waals surface area (Å²) in [6.45, 7) is 9.67. The van der Waals surface area contributed by atoms with Gasteiger partial charge in [0.15, 0.2) is 11.5 Å². The zero-order valence-corrected chi connectivity index (χ0v) is 19.0. The van der Waals surface area contributed by atoms with Crippen molar-refractivity contribution in [2.24, 2.45) is 0 Å². The van der Waals surface area contributed by atoms with E-state index in [1.54, 1.807) is 12.1 Å². The molecule has 1 N–H and O–H groups in total. The van der Waals surface area contributed by atoms with E-state index in [0.717, 1.165) is 44.8 Å². The highest BCUT2D eigenvalue weighted by molar-refractivity contribution is 6.32. The smallest absolute Gasteiger partial charge is 0.251 e. The van der Waals surface area contributed by atoms with Gasteiger partial charge in [0.05, 0.1) is 31.5 Å². The number of benzene rings is 2. The van der Waals surface area contributed by atoms with Gasteiger partial charge in [0, 0.05) is 31.7 Å². The minimum atomic E-state index is -0.205. The summed E-state index contributed by atoms with van der Waals surface area (Å²) < 4.78 is 16.8. The molecule has 1 saturated heterocycles. The van der Waals surface area contributed by atoms with E-state index >= 15 is 0 Å². The summed E-state index contributed by atoms with van der Waals surface area (Å²) in [6.07, 6.45) is 0.856. The molecule has 3 rings (SSSR count). The Morgan fingerprint density at radius 1 is 1.13 bits per heavy atom. The van der Waals surface area contributed by atoms with Gasteiger partial charge in [0.1, 0.15) is 0 Å². The number of rotatable bonds is 10. The van der Waals surface area contributed by atoms with E-state index in [4.69, 9.17) is 25.8 Å². The number of nitrogens with one attached hydrogen (secondary N) is 1. The van der Waals surface area contributed by atoms with E-state index in [0.29, 0.717) is 41.8 Å². The monoisotopic (exact) mass is 446 g/mol. The maximum absolute atomic E-state index is 12.8. The first-order chi connectivity index (χ1) is 15.1. The normalized spacial score (nSPS) is 14.3. The highest BCUT2D eigenvalue weighted by Gasteiger charge is 2.16. The fourth-order valence-electron chi connectivity index (χ4n) is 3.45. The maximum atomic E-state index is 12.8. The van der Waals surface area contributed by atoms with Gasteiger partial charge in [-0.15, -0.1) is 0 Å². The molecule has 1 amide bonds. The lowest BCUT2D eigenvalue weighted by Crippen LogP contribution is -2.35. The van der Waals surface area contributed by atoms with Crippen LogP contribution in [0, 0.1) is 0 Å². The zero-order valence-electron chi connectivity index (χ0n) is 18.3. The molecule has 0 aromatic heterocycles. The van der Waals surface area contributed by atoms with Crippen LogP contribution in [-0.4, -0.2) is 50.3 Å². The predicted octanol–water partition coefficient (Wildman–Crippen LogP) is 4.29. The molecular formula is C24H31ClN2O4. The summed E-state index contributed by atoms with van der Waals surface area (Å²) in [6, 6.07) is 11.6. The van der Waals surface area contributed by atoms with Crippen molar-refractivity contribution in [3.63, 3.8) is 0 Å². The van der Waals surface area contributed by atoms with Gasteiger partial charge < -0.3 is 19.5 Å². The largest absolute Gasteiger partial charge is 0.490 e. The Morgan fingerprint density at radius 3 is 2.65 bits per heavy atom. The lowest BCUT2D eigenvalue weighted by Gasteiger charge is -2.26. The third-order valence-electron chi connectivity index (χ3n) is 4.98. The van der Waals surface area contributed by atoms with E-state index in [-0.39, 0.29) is 5.91 Å². The van der Waals surface area contributed by atoms with Crippen molar-refractivity contribution in [2.75, 3.05) is 39.5 Å². The lowest BCUT2D eigenvalue weighted by atomic mass is 10.1. The molecule has 0 saturated carbocycles. The number of amides is 1. The number of halogens is 1. The quantitative estimate of drug-likeness (QED) is 0.590. The van der Waals surface area contributed by atoms with E-state index in [1.165, 1.54) is 5.56 Å². The molecule has 2 aromatic carbocycles. The lowest BCUT2D eigenvalue weighted by molar-refractivity contribution is 0.0342. The van der Waals surface area contributed by atoms with Gasteiger partial charge in [0.2, 0.25) is 0 Å². The minimum absolute atomic E-state index is 0.205. The third kappa shape index (κ3) is 6.86. The molecule has 31 heavy (non-hydrogen) atoms. The van der Waals surface area contributed by atoms with Crippen LogP contribution in [0.15, 0.2) is 36.4 Å². The van der Waals surface area contributed by atoms with Crippen molar-refractivity contribution in [2.45, 2.75) is 33.4 Å². The zero-order chi connectivity index (χ0) is 22.1. The summed E-state index contributed by atoms with van der Waals surface area (Å²) in [7, 11) is 0. The predicted molar refractivity (Wildman–Crippen MR) is 122 cm³/mol. The molecular weight excluding hydrogens is 416 g/mol. The maximum Gasteiger partial charge on any atom is 0.251 e. The molecule has 2 aromatic rings. The first-order valence-corrected chi connectivity index (χ1v) is 11.2. The molecule has 1 aliphatic rings. The van der Waals surface area contributed by atoms with Gasteiger partial charge in [-0.3, -0.25) is 9.69 Å². The molecule has 0 spiro atoms. The molecule has 0 bridgehead atoms. The summed E-state index contributed by atoms with van der Waals surface area (Å²) >= 11 is 6.38. The van der Waals surface area contributed by atoms with Gasteiger partial charge in [-0.25, -0.2) is 0 Å². The molecule has 6 nitrogen and oxygen atoms in total.